The van der Waals surface area contributed by atoms with Crippen molar-refractivity contribution in [1.82, 2.24) is 10.2 Å². The topological polar surface area (TPSA) is 86.8 Å². The number of nitrogens with one attached hydrogen (secondary N) is 1. The predicted octanol–water partition coefficient (Wildman–Crippen LogP) is 4.98. The van der Waals surface area contributed by atoms with E-state index in [0.29, 0.717) is 17.1 Å². The number of hydrogen-bond donors (Lipinski definition) is 1. The molecule has 3 rings (SSSR count). The Balaban J connectivity index is 1.73. The number of nitrogens with zero attached hydrogens (tertiary/aromatic N) is 2. The van der Waals surface area contributed by atoms with E-state index in [9.17, 15) is 18.0 Å². The van der Waals surface area contributed by atoms with Gasteiger partial charge in [-0.1, -0.05) is 42.6 Å². The number of amides is 2. The summed E-state index contributed by atoms with van der Waals surface area (Å²) in [7, 11) is -3.54. The summed E-state index contributed by atoms with van der Waals surface area (Å²) in [6.07, 6.45) is 5.72. The van der Waals surface area contributed by atoms with E-state index in [1.165, 1.54) is 10.6 Å². The Labute approximate surface area is 226 Å². The lowest BCUT2D eigenvalue weighted by molar-refractivity contribution is -0.141. The predicted molar refractivity (Wildman–Crippen MR) is 149 cm³/mol. The molecule has 7 nitrogen and oxygen atoms in total. The van der Waals surface area contributed by atoms with Crippen LogP contribution in [0.5, 0.6) is 0 Å². The molecule has 202 valence electrons. The van der Waals surface area contributed by atoms with Gasteiger partial charge in [-0.15, -0.1) is 0 Å². The van der Waals surface area contributed by atoms with Crippen LogP contribution in [-0.4, -0.2) is 50.0 Å². The van der Waals surface area contributed by atoms with Crippen LogP contribution >= 0.6 is 11.6 Å². The Hall–Kier alpha value is -2.58. The molecule has 37 heavy (non-hydrogen) atoms. The molecule has 1 saturated carbocycles. The summed E-state index contributed by atoms with van der Waals surface area (Å²) in [6.45, 7) is 6.00. The minimum Gasteiger partial charge on any atom is -0.352 e. The maximum Gasteiger partial charge on any atom is 0.242 e. The minimum atomic E-state index is -3.54. The van der Waals surface area contributed by atoms with Crippen LogP contribution in [-0.2, 0) is 26.2 Å². The average molecular weight is 548 g/mol. The normalized spacial score (nSPS) is 14.8. The smallest absolute Gasteiger partial charge is 0.242 e. The molecule has 0 aromatic heterocycles. The number of rotatable bonds is 11. The van der Waals surface area contributed by atoms with E-state index >= 15 is 0 Å². The van der Waals surface area contributed by atoms with Gasteiger partial charge in [-0.25, -0.2) is 8.42 Å². The van der Waals surface area contributed by atoms with E-state index in [0.717, 1.165) is 42.4 Å². The van der Waals surface area contributed by atoms with E-state index in [4.69, 9.17) is 11.6 Å². The largest absolute Gasteiger partial charge is 0.352 e. The highest BCUT2D eigenvalue weighted by Crippen LogP contribution is 2.23. The molecule has 0 bridgehead atoms. The first kappa shape index (κ1) is 29.0. The van der Waals surface area contributed by atoms with Gasteiger partial charge in [0.25, 0.3) is 0 Å². The van der Waals surface area contributed by atoms with Crippen molar-refractivity contribution in [2.45, 2.75) is 77.9 Å². The van der Waals surface area contributed by atoms with Gasteiger partial charge in [0.1, 0.15) is 6.04 Å². The number of benzene rings is 2. The summed E-state index contributed by atoms with van der Waals surface area (Å²) in [5, 5.41) is 3.65. The second-order valence-electron chi connectivity index (χ2n) is 10.1. The number of halogens is 1. The maximum absolute atomic E-state index is 13.4. The number of carbonyl (C=O) groups is 2. The minimum absolute atomic E-state index is 0.110. The van der Waals surface area contributed by atoms with Gasteiger partial charge >= 0.3 is 0 Å². The second kappa shape index (κ2) is 12.8. The molecular formula is C28H38ClN3O4S. The van der Waals surface area contributed by atoms with E-state index in [1.54, 1.807) is 24.0 Å². The average Bonchev–Trinajstić information content (AvgIpc) is 3.31. The van der Waals surface area contributed by atoms with Crippen LogP contribution in [0.1, 0.15) is 62.1 Å². The van der Waals surface area contributed by atoms with Crippen LogP contribution in [0.4, 0.5) is 5.69 Å². The molecule has 0 aliphatic heterocycles. The van der Waals surface area contributed by atoms with Crippen molar-refractivity contribution in [3.8, 4) is 0 Å². The zero-order chi connectivity index (χ0) is 27.2. The first-order valence-corrected chi connectivity index (χ1v) is 15.1. The third-order valence-corrected chi connectivity index (χ3v) is 8.19. The summed E-state index contributed by atoms with van der Waals surface area (Å²) in [4.78, 5) is 28.0. The van der Waals surface area contributed by atoms with Crippen LogP contribution in [0.15, 0.2) is 42.5 Å². The van der Waals surface area contributed by atoms with E-state index < -0.39 is 16.1 Å². The Morgan fingerprint density at radius 1 is 1.08 bits per heavy atom. The lowest BCUT2D eigenvalue weighted by Crippen LogP contribution is -2.49. The summed E-state index contributed by atoms with van der Waals surface area (Å²) in [5.74, 6) is -0.377. The number of sulfonamides is 1. The van der Waals surface area contributed by atoms with Crippen molar-refractivity contribution in [1.29, 1.82) is 0 Å². The van der Waals surface area contributed by atoms with Crippen molar-refractivity contribution >= 4 is 39.1 Å². The third-order valence-electron chi connectivity index (χ3n) is 6.76. The molecule has 0 saturated heterocycles. The molecule has 0 spiro atoms. The molecule has 1 aliphatic carbocycles. The van der Waals surface area contributed by atoms with E-state index in [2.05, 4.69) is 5.32 Å². The number of aryl methyl sites for hydroxylation is 2. The highest BCUT2D eigenvalue weighted by atomic mass is 35.5. The van der Waals surface area contributed by atoms with Gasteiger partial charge in [0, 0.05) is 30.6 Å². The molecule has 0 heterocycles. The zero-order valence-electron chi connectivity index (χ0n) is 22.2. The second-order valence-corrected chi connectivity index (χ2v) is 12.4. The maximum atomic E-state index is 13.4. The molecule has 2 amide bonds. The summed E-state index contributed by atoms with van der Waals surface area (Å²) < 4.78 is 26.5. The highest BCUT2D eigenvalue weighted by Gasteiger charge is 2.29. The van der Waals surface area contributed by atoms with E-state index in [1.807, 2.05) is 44.2 Å². The van der Waals surface area contributed by atoms with Crippen molar-refractivity contribution in [3.63, 3.8) is 0 Å². The zero-order valence-corrected chi connectivity index (χ0v) is 23.7. The first-order chi connectivity index (χ1) is 17.4. The quantitative estimate of drug-likeness (QED) is 0.430. The first-order valence-electron chi connectivity index (χ1n) is 12.8. The van der Waals surface area contributed by atoms with Crippen molar-refractivity contribution in [3.05, 3.63) is 64.2 Å². The highest BCUT2D eigenvalue weighted by molar-refractivity contribution is 7.92. The van der Waals surface area contributed by atoms with Gasteiger partial charge in [0.15, 0.2) is 0 Å². The summed E-state index contributed by atoms with van der Waals surface area (Å²) >= 11 is 6.16. The Morgan fingerprint density at radius 3 is 2.32 bits per heavy atom. The van der Waals surface area contributed by atoms with Crippen LogP contribution in [0.25, 0.3) is 0 Å². The Bertz CT molecular complexity index is 1190. The molecule has 1 aliphatic rings. The van der Waals surface area contributed by atoms with Gasteiger partial charge in [-0.05, 0) is 81.0 Å². The van der Waals surface area contributed by atoms with Gasteiger partial charge in [-0.3, -0.25) is 13.9 Å². The van der Waals surface area contributed by atoms with E-state index in [-0.39, 0.29) is 37.4 Å². The van der Waals surface area contributed by atoms with Crippen LogP contribution in [0, 0.1) is 13.8 Å². The number of hydrogen-bond acceptors (Lipinski definition) is 4. The van der Waals surface area contributed by atoms with Crippen molar-refractivity contribution in [2.75, 3.05) is 17.1 Å². The van der Waals surface area contributed by atoms with Gasteiger partial charge in [-0.2, -0.15) is 0 Å². The van der Waals surface area contributed by atoms with Gasteiger partial charge in [0.05, 0.1) is 11.9 Å². The molecule has 1 N–H and O–H groups in total. The van der Waals surface area contributed by atoms with Gasteiger partial charge < -0.3 is 10.2 Å². The monoisotopic (exact) mass is 547 g/mol. The van der Waals surface area contributed by atoms with Gasteiger partial charge in [0.2, 0.25) is 21.8 Å². The molecule has 1 fully saturated rings. The number of anilines is 1. The molecule has 0 unspecified atom stereocenters. The molecule has 1 atom stereocenters. The number of carbonyl (C=O) groups excluding carboxylic acids is 2. The van der Waals surface area contributed by atoms with Crippen molar-refractivity contribution < 1.29 is 18.0 Å². The SMILES string of the molecule is Cc1cc(C)cc(N(CCCC(=O)N(Cc2cccc(Cl)c2)[C@@H](C)C(=O)NC2CCCC2)S(C)(=O)=O)c1. The lowest BCUT2D eigenvalue weighted by Gasteiger charge is -2.30. The molecular weight excluding hydrogens is 510 g/mol. The van der Waals surface area contributed by atoms with Crippen molar-refractivity contribution in [2.24, 2.45) is 0 Å². The standard InChI is InChI=1S/C28H38ClN3O4S/c1-20-15-21(2)17-26(16-20)32(37(4,35)36)14-8-13-27(33)31(19-23-9-7-10-24(29)18-23)22(3)28(34)30-25-11-5-6-12-25/h7,9-10,15-18,22,25H,5-6,8,11-14,19H2,1-4H3,(H,30,34)/t22-/m0/s1. The molecule has 9 heteroatoms. The van der Waals surface area contributed by atoms with Crippen LogP contribution in [0.3, 0.4) is 0 Å². The Kier molecular flexibility index (Phi) is 10.0. The summed E-state index contributed by atoms with van der Waals surface area (Å²) in [5.41, 5.74) is 3.35. The molecule has 0 radical (unpaired) electrons. The fraction of sp³-hybridized carbons (Fsp3) is 0.500. The van der Waals surface area contributed by atoms with Crippen LogP contribution < -0.4 is 9.62 Å². The fourth-order valence-corrected chi connectivity index (χ4v) is 6.07. The molecule has 2 aromatic carbocycles. The van der Waals surface area contributed by atoms with Crippen LogP contribution in [0.2, 0.25) is 5.02 Å². The third kappa shape index (κ3) is 8.47. The molecule has 2 aromatic rings. The lowest BCUT2D eigenvalue weighted by atomic mass is 10.1. The Morgan fingerprint density at radius 2 is 1.73 bits per heavy atom. The fourth-order valence-electron chi connectivity index (χ4n) is 4.91. The summed E-state index contributed by atoms with van der Waals surface area (Å²) in [6, 6.07) is 12.4.